The van der Waals surface area contributed by atoms with Crippen molar-refractivity contribution >= 4 is 27.8 Å². The third kappa shape index (κ3) is 1.95. The van der Waals surface area contributed by atoms with Crippen molar-refractivity contribution in [3.8, 4) is 0 Å². The van der Waals surface area contributed by atoms with Crippen LogP contribution in [0.1, 0.15) is 12.0 Å². The van der Waals surface area contributed by atoms with Crippen molar-refractivity contribution in [2.24, 2.45) is 0 Å². The molecular weight excluding hydrogens is 263 g/mol. The number of carbonyl (C=O) groups is 1. The molecule has 0 aliphatic carbocycles. The highest BCUT2D eigenvalue weighted by molar-refractivity contribution is 6.06. The fourth-order valence-corrected chi connectivity index (χ4v) is 2.41. The minimum Gasteiger partial charge on any atom is -0.481 e. The van der Waals surface area contributed by atoms with Gasteiger partial charge in [-0.25, -0.2) is 4.39 Å². The Hall–Kier alpha value is -2.63. The molecule has 3 N–H and O–H groups in total. The van der Waals surface area contributed by atoms with E-state index in [4.69, 9.17) is 5.11 Å². The normalized spacial score (nSPS) is 11.2. The van der Waals surface area contributed by atoms with Crippen molar-refractivity contribution in [3.05, 3.63) is 46.1 Å². The van der Waals surface area contributed by atoms with E-state index in [1.807, 2.05) is 0 Å². The van der Waals surface area contributed by atoms with Crippen LogP contribution in [0, 0.1) is 5.82 Å². The first kappa shape index (κ1) is 12.4. The van der Waals surface area contributed by atoms with E-state index in [0.29, 0.717) is 28.2 Å². The van der Waals surface area contributed by atoms with Crippen molar-refractivity contribution in [1.82, 2.24) is 9.97 Å². The summed E-state index contributed by atoms with van der Waals surface area (Å²) < 4.78 is 13.2. The number of aryl methyl sites for hydroxylation is 1. The molecule has 5 nitrogen and oxygen atoms in total. The van der Waals surface area contributed by atoms with Crippen LogP contribution in [0.2, 0.25) is 0 Å². The largest absolute Gasteiger partial charge is 0.481 e. The number of H-pyrrole nitrogens is 2. The van der Waals surface area contributed by atoms with Crippen LogP contribution in [0.25, 0.3) is 21.8 Å². The summed E-state index contributed by atoms with van der Waals surface area (Å²) in [5.74, 6) is -1.34. The lowest BCUT2D eigenvalue weighted by molar-refractivity contribution is -0.136. The Morgan fingerprint density at radius 1 is 1.35 bits per heavy atom. The summed E-state index contributed by atoms with van der Waals surface area (Å²) in [7, 11) is 0. The highest BCUT2D eigenvalue weighted by atomic mass is 19.1. The van der Waals surface area contributed by atoms with Crippen LogP contribution in [-0.4, -0.2) is 21.0 Å². The number of carboxylic acids is 1. The zero-order valence-corrected chi connectivity index (χ0v) is 10.4. The van der Waals surface area contributed by atoms with Gasteiger partial charge in [0.2, 0.25) is 0 Å². The lowest BCUT2D eigenvalue weighted by atomic mass is 10.0. The molecule has 3 aromatic rings. The van der Waals surface area contributed by atoms with Gasteiger partial charge in [-0.05, 0) is 30.2 Å². The van der Waals surface area contributed by atoms with Gasteiger partial charge < -0.3 is 15.1 Å². The van der Waals surface area contributed by atoms with Gasteiger partial charge in [-0.2, -0.15) is 0 Å². The van der Waals surface area contributed by atoms with Gasteiger partial charge in [-0.1, -0.05) is 0 Å². The van der Waals surface area contributed by atoms with Crippen molar-refractivity contribution in [3.63, 3.8) is 0 Å². The van der Waals surface area contributed by atoms with E-state index in [0.717, 1.165) is 5.56 Å². The Labute approximate surface area is 112 Å². The third-order valence-corrected chi connectivity index (χ3v) is 3.30. The molecule has 0 spiro atoms. The molecule has 0 atom stereocenters. The summed E-state index contributed by atoms with van der Waals surface area (Å²) in [6.07, 6.45) is 1.92. The summed E-state index contributed by atoms with van der Waals surface area (Å²) in [6.45, 7) is 0. The molecular formula is C14H11FN2O3. The lowest BCUT2D eigenvalue weighted by Crippen LogP contribution is -2.06. The molecule has 0 aliphatic heterocycles. The van der Waals surface area contributed by atoms with Crippen LogP contribution < -0.4 is 5.56 Å². The second-order valence-electron chi connectivity index (χ2n) is 4.60. The van der Waals surface area contributed by atoms with Gasteiger partial charge in [-0.15, -0.1) is 0 Å². The first-order valence-corrected chi connectivity index (χ1v) is 6.09. The van der Waals surface area contributed by atoms with E-state index >= 15 is 0 Å². The molecule has 0 unspecified atom stereocenters. The fourth-order valence-electron chi connectivity index (χ4n) is 2.41. The van der Waals surface area contributed by atoms with Crippen molar-refractivity contribution < 1.29 is 14.3 Å². The molecule has 0 radical (unpaired) electrons. The zero-order chi connectivity index (χ0) is 14.3. The second kappa shape index (κ2) is 4.48. The average molecular weight is 274 g/mol. The average Bonchev–Trinajstić information content (AvgIpc) is 2.80. The number of aromatic nitrogens is 2. The SMILES string of the molecule is O=C(O)CCc1c[nH]c2c(=O)[nH]c3cc(F)ccc3c12. The number of hydrogen-bond donors (Lipinski definition) is 3. The number of aromatic amines is 2. The molecule has 0 fully saturated rings. The van der Waals surface area contributed by atoms with Gasteiger partial charge in [0.15, 0.2) is 0 Å². The molecule has 0 saturated carbocycles. The monoisotopic (exact) mass is 274 g/mol. The standard InChI is InChI=1S/C14H11FN2O3/c15-8-2-3-9-10(5-8)17-14(20)13-12(9)7(6-16-13)1-4-11(18)19/h2-3,5-6,16H,1,4H2,(H,17,20)(H,18,19). The number of benzene rings is 1. The molecule has 6 heteroatoms. The number of fused-ring (bicyclic) bond motifs is 3. The number of nitrogens with one attached hydrogen (secondary N) is 2. The number of pyridine rings is 1. The number of carboxylic acid groups (broad SMARTS) is 1. The smallest absolute Gasteiger partial charge is 0.303 e. The van der Waals surface area contributed by atoms with Gasteiger partial charge >= 0.3 is 5.97 Å². The lowest BCUT2D eigenvalue weighted by Gasteiger charge is -2.03. The van der Waals surface area contributed by atoms with E-state index in [2.05, 4.69) is 9.97 Å². The number of halogens is 1. The van der Waals surface area contributed by atoms with Gasteiger partial charge in [-0.3, -0.25) is 9.59 Å². The van der Waals surface area contributed by atoms with Gasteiger partial charge in [0, 0.05) is 23.4 Å². The molecule has 0 saturated heterocycles. The van der Waals surface area contributed by atoms with Crippen LogP contribution in [0.4, 0.5) is 4.39 Å². The predicted molar refractivity (Wildman–Crippen MR) is 72.3 cm³/mol. The summed E-state index contributed by atoms with van der Waals surface area (Å²) >= 11 is 0. The van der Waals surface area contributed by atoms with E-state index in [9.17, 15) is 14.0 Å². The Morgan fingerprint density at radius 2 is 2.15 bits per heavy atom. The van der Waals surface area contributed by atoms with E-state index in [1.54, 1.807) is 12.3 Å². The first-order valence-electron chi connectivity index (χ1n) is 6.09. The quantitative estimate of drug-likeness (QED) is 0.684. The van der Waals surface area contributed by atoms with Gasteiger partial charge in [0.25, 0.3) is 5.56 Å². The Bertz CT molecular complexity index is 879. The molecule has 2 aromatic heterocycles. The van der Waals surface area contributed by atoms with Crippen LogP contribution in [0.5, 0.6) is 0 Å². The first-order chi connectivity index (χ1) is 9.56. The van der Waals surface area contributed by atoms with Crippen molar-refractivity contribution in [1.29, 1.82) is 0 Å². The fraction of sp³-hybridized carbons (Fsp3) is 0.143. The molecule has 0 aliphatic rings. The Morgan fingerprint density at radius 3 is 2.90 bits per heavy atom. The Kier molecular flexibility index (Phi) is 2.78. The summed E-state index contributed by atoms with van der Waals surface area (Å²) in [4.78, 5) is 28.1. The van der Waals surface area contributed by atoms with Crippen molar-refractivity contribution in [2.45, 2.75) is 12.8 Å². The molecule has 3 rings (SSSR count). The van der Waals surface area contributed by atoms with Crippen molar-refractivity contribution in [2.75, 3.05) is 0 Å². The minimum absolute atomic E-state index is 0.0254. The van der Waals surface area contributed by atoms with Gasteiger partial charge in [0.1, 0.15) is 11.3 Å². The summed E-state index contributed by atoms with van der Waals surface area (Å²) in [5, 5.41) is 10.1. The van der Waals surface area contributed by atoms with Gasteiger partial charge in [0.05, 0.1) is 5.52 Å². The maximum absolute atomic E-state index is 13.2. The maximum atomic E-state index is 13.2. The highest BCUT2D eigenvalue weighted by Gasteiger charge is 2.12. The number of hydrogen-bond acceptors (Lipinski definition) is 2. The van der Waals surface area contributed by atoms with Crippen LogP contribution >= 0.6 is 0 Å². The Balaban J connectivity index is 2.30. The number of rotatable bonds is 3. The topological polar surface area (TPSA) is 85.9 Å². The minimum atomic E-state index is -0.903. The maximum Gasteiger partial charge on any atom is 0.303 e. The van der Waals surface area contributed by atoms with Crippen LogP contribution in [0.3, 0.4) is 0 Å². The summed E-state index contributed by atoms with van der Waals surface area (Å²) in [5.41, 5.74) is 1.17. The molecule has 0 amide bonds. The second-order valence-corrected chi connectivity index (χ2v) is 4.60. The summed E-state index contributed by atoms with van der Waals surface area (Å²) in [6, 6.07) is 4.15. The molecule has 102 valence electrons. The molecule has 2 heterocycles. The van der Waals surface area contributed by atoms with Crippen LogP contribution in [0.15, 0.2) is 29.2 Å². The predicted octanol–water partition coefficient (Wildman–Crippen LogP) is 2.17. The molecule has 1 aromatic carbocycles. The zero-order valence-electron chi connectivity index (χ0n) is 10.4. The van der Waals surface area contributed by atoms with E-state index < -0.39 is 11.8 Å². The van der Waals surface area contributed by atoms with E-state index in [1.165, 1.54) is 12.1 Å². The van der Waals surface area contributed by atoms with E-state index in [-0.39, 0.29) is 12.0 Å². The number of aliphatic carboxylic acids is 1. The molecule has 0 bridgehead atoms. The van der Waals surface area contributed by atoms with Crippen LogP contribution in [-0.2, 0) is 11.2 Å². The molecule has 20 heavy (non-hydrogen) atoms. The highest BCUT2D eigenvalue weighted by Crippen LogP contribution is 2.25. The third-order valence-electron chi connectivity index (χ3n) is 3.30.